The zero-order chi connectivity index (χ0) is 16.2. The summed E-state index contributed by atoms with van der Waals surface area (Å²) in [6.07, 6.45) is 0.789. The van der Waals surface area contributed by atoms with Crippen LogP contribution in [0.5, 0.6) is 0 Å². The van der Waals surface area contributed by atoms with Gasteiger partial charge in [-0.3, -0.25) is 4.79 Å². The fraction of sp³-hybridized carbons (Fsp3) is 0.200. The first-order valence-electron chi connectivity index (χ1n) is 7.90. The van der Waals surface area contributed by atoms with E-state index in [0.29, 0.717) is 6.54 Å². The number of hydrogen-bond donors (Lipinski definition) is 0. The Morgan fingerprint density at radius 2 is 1.65 bits per heavy atom. The molecule has 1 heterocycles. The largest absolute Gasteiger partial charge is 0.268 e. The number of nitrogens with zero attached hydrogens (tertiary/aromatic N) is 2. The summed E-state index contributed by atoms with van der Waals surface area (Å²) < 4.78 is 1.56. The minimum atomic E-state index is -0.0511. The van der Waals surface area contributed by atoms with Gasteiger partial charge in [0.05, 0.1) is 12.2 Å². The van der Waals surface area contributed by atoms with Crippen molar-refractivity contribution in [2.75, 3.05) is 0 Å². The summed E-state index contributed by atoms with van der Waals surface area (Å²) in [6, 6.07) is 19.8. The van der Waals surface area contributed by atoms with Crippen molar-refractivity contribution in [2.24, 2.45) is 0 Å². The minimum Gasteiger partial charge on any atom is -0.268 e. The van der Waals surface area contributed by atoms with Gasteiger partial charge in [-0.2, -0.15) is 5.10 Å². The molecular formula is C20H20N2O. The van der Waals surface area contributed by atoms with Crippen molar-refractivity contribution in [2.45, 2.75) is 26.8 Å². The molecule has 3 rings (SSSR count). The molecule has 0 N–H and O–H groups in total. The van der Waals surface area contributed by atoms with Gasteiger partial charge in [-0.15, -0.1) is 0 Å². The van der Waals surface area contributed by atoms with Crippen molar-refractivity contribution < 1.29 is 0 Å². The number of aryl methyl sites for hydroxylation is 2. The summed E-state index contributed by atoms with van der Waals surface area (Å²) in [5.74, 6) is 0. The molecule has 2 aromatic carbocycles. The van der Waals surface area contributed by atoms with Crippen LogP contribution in [0.25, 0.3) is 11.3 Å². The lowest BCUT2D eigenvalue weighted by Gasteiger charge is -2.12. The molecule has 3 nitrogen and oxygen atoms in total. The molecule has 3 heteroatoms. The standard InChI is InChI=1S/C20H20N2O/c1-3-16-13-19(23)22(14-18-12-8-7-9-15(18)2)21-20(16)17-10-5-4-6-11-17/h4-13H,3,14H2,1-2H3. The summed E-state index contributed by atoms with van der Waals surface area (Å²) in [4.78, 5) is 12.4. The first-order chi connectivity index (χ1) is 11.2. The highest BCUT2D eigenvalue weighted by Crippen LogP contribution is 2.20. The van der Waals surface area contributed by atoms with Crippen LogP contribution in [-0.2, 0) is 13.0 Å². The van der Waals surface area contributed by atoms with Crippen molar-refractivity contribution in [3.05, 3.63) is 87.7 Å². The monoisotopic (exact) mass is 304 g/mol. The Morgan fingerprint density at radius 1 is 0.957 bits per heavy atom. The number of aromatic nitrogens is 2. The normalized spacial score (nSPS) is 10.7. The van der Waals surface area contributed by atoms with E-state index < -0.39 is 0 Å². The molecule has 3 aromatic rings. The fourth-order valence-electron chi connectivity index (χ4n) is 2.70. The van der Waals surface area contributed by atoms with Gasteiger partial charge in [0.25, 0.3) is 5.56 Å². The Kier molecular flexibility index (Phi) is 4.38. The average molecular weight is 304 g/mol. The van der Waals surface area contributed by atoms with E-state index in [2.05, 4.69) is 25.0 Å². The van der Waals surface area contributed by atoms with Crippen LogP contribution >= 0.6 is 0 Å². The molecule has 0 atom stereocenters. The molecule has 116 valence electrons. The van der Waals surface area contributed by atoms with Gasteiger partial charge in [0.1, 0.15) is 0 Å². The van der Waals surface area contributed by atoms with E-state index >= 15 is 0 Å². The van der Waals surface area contributed by atoms with E-state index in [0.717, 1.165) is 28.8 Å². The molecule has 0 aliphatic carbocycles. The lowest BCUT2D eigenvalue weighted by Crippen LogP contribution is -2.24. The lowest BCUT2D eigenvalue weighted by atomic mass is 10.0. The maximum absolute atomic E-state index is 12.4. The van der Waals surface area contributed by atoms with Gasteiger partial charge in [0.15, 0.2) is 0 Å². The molecule has 23 heavy (non-hydrogen) atoms. The van der Waals surface area contributed by atoms with Crippen molar-refractivity contribution in [3.63, 3.8) is 0 Å². The van der Waals surface area contributed by atoms with Crippen molar-refractivity contribution >= 4 is 0 Å². The first kappa shape index (κ1) is 15.2. The predicted molar refractivity (Wildman–Crippen MR) is 93.6 cm³/mol. The highest BCUT2D eigenvalue weighted by Gasteiger charge is 2.10. The molecule has 0 aliphatic heterocycles. The third-order valence-electron chi connectivity index (χ3n) is 4.09. The smallest absolute Gasteiger partial charge is 0.267 e. The topological polar surface area (TPSA) is 34.9 Å². The van der Waals surface area contributed by atoms with Crippen LogP contribution < -0.4 is 5.56 Å². The van der Waals surface area contributed by atoms with E-state index in [1.807, 2.05) is 48.5 Å². The summed E-state index contributed by atoms with van der Waals surface area (Å²) in [5, 5.41) is 4.65. The van der Waals surface area contributed by atoms with E-state index in [1.165, 1.54) is 5.56 Å². The molecule has 0 aliphatic rings. The van der Waals surface area contributed by atoms with Gasteiger partial charge in [-0.25, -0.2) is 4.68 Å². The van der Waals surface area contributed by atoms with Crippen molar-refractivity contribution in [1.82, 2.24) is 9.78 Å². The second kappa shape index (κ2) is 6.61. The molecule has 0 radical (unpaired) electrons. The van der Waals surface area contributed by atoms with Crippen LogP contribution in [-0.4, -0.2) is 9.78 Å². The van der Waals surface area contributed by atoms with Gasteiger partial charge < -0.3 is 0 Å². The highest BCUT2D eigenvalue weighted by atomic mass is 16.1. The average Bonchev–Trinajstić information content (AvgIpc) is 2.59. The zero-order valence-corrected chi connectivity index (χ0v) is 13.5. The Balaban J connectivity index is 2.08. The quantitative estimate of drug-likeness (QED) is 0.734. The molecule has 0 bridgehead atoms. The second-order valence-electron chi connectivity index (χ2n) is 5.66. The minimum absolute atomic E-state index is 0.0511. The van der Waals surface area contributed by atoms with Gasteiger partial charge in [0.2, 0.25) is 0 Å². The van der Waals surface area contributed by atoms with E-state index in [4.69, 9.17) is 0 Å². The van der Waals surface area contributed by atoms with Crippen LogP contribution in [0.15, 0.2) is 65.5 Å². The molecule has 0 amide bonds. The van der Waals surface area contributed by atoms with Gasteiger partial charge in [-0.1, -0.05) is 61.5 Å². The maximum atomic E-state index is 12.4. The fourth-order valence-corrected chi connectivity index (χ4v) is 2.70. The molecular weight excluding hydrogens is 284 g/mol. The lowest BCUT2D eigenvalue weighted by molar-refractivity contribution is 0.636. The van der Waals surface area contributed by atoms with Gasteiger partial charge in [0, 0.05) is 11.6 Å². The number of benzene rings is 2. The van der Waals surface area contributed by atoms with Crippen LogP contribution in [0.3, 0.4) is 0 Å². The SMILES string of the molecule is CCc1cc(=O)n(Cc2ccccc2C)nc1-c1ccccc1. The third-order valence-corrected chi connectivity index (χ3v) is 4.09. The molecule has 0 saturated carbocycles. The van der Waals surface area contributed by atoms with Gasteiger partial charge in [-0.05, 0) is 30.0 Å². The molecule has 1 aromatic heterocycles. The van der Waals surface area contributed by atoms with Crippen LogP contribution in [0.1, 0.15) is 23.6 Å². The summed E-state index contributed by atoms with van der Waals surface area (Å²) in [5.41, 5.74) is 5.16. The summed E-state index contributed by atoms with van der Waals surface area (Å²) in [7, 11) is 0. The van der Waals surface area contributed by atoms with Crippen LogP contribution in [0, 0.1) is 6.92 Å². The maximum Gasteiger partial charge on any atom is 0.267 e. The molecule has 0 unspecified atom stereocenters. The zero-order valence-electron chi connectivity index (χ0n) is 13.5. The number of rotatable bonds is 4. The van der Waals surface area contributed by atoms with Crippen LogP contribution in [0.4, 0.5) is 0 Å². The first-order valence-corrected chi connectivity index (χ1v) is 7.90. The third kappa shape index (κ3) is 3.24. The molecule has 0 spiro atoms. The summed E-state index contributed by atoms with van der Waals surface area (Å²) in [6.45, 7) is 4.60. The molecule has 0 fully saturated rings. The molecule has 0 saturated heterocycles. The predicted octanol–water partition coefficient (Wildman–Crippen LogP) is 3.83. The van der Waals surface area contributed by atoms with Gasteiger partial charge >= 0.3 is 0 Å². The summed E-state index contributed by atoms with van der Waals surface area (Å²) >= 11 is 0. The Hall–Kier alpha value is -2.68. The van der Waals surface area contributed by atoms with Crippen molar-refractivity contribution in [1.29, 1.82) is 0 Å². The second-order valence-corrected chi connectivity index (χ2v) is 5.66. The Bertz CT molecular complexity index is 866. The van der Waals surface area contributed by atoms with E-state index in [9.17, 15) is 4.79 Å². The Labute approximate surface area is 136 Å². The van der Waals surface area contributed by atoms with Crippen LogP contribution in [0.2, 0.25) is 0 Å². The van der Waals surface area contributed by atoms with E-state index in [-0.39, 0.29) is 5.56 Å². The van der Waals surface area contributed by atoms with Crippen molar-refractivity contribution in [3.8, 4) is 11.3 Å². The Morgan fingerprint density at radius 3 is 2.35 bits per heavy atom. The van der Waals surface area contributed by atoms with E-state index in [1.54, 1.807) is 10.7 Å². The highest BCUT2D eigenvalue weighted by molar-refractivity contribution is 5.62. The number of hydrogen-bond acceptors (Lipinski definition) is 2.